The summed E-state index contributed by atoms with van der Waals surface area (Å²) in [4.78, 5) is 27.5. The molecule has 116 valence electrons. The SMILES string of the molecule is COc1nccc(Cl)c1C(C)(C=O)NC(=O)OC(C)(C)C. The number of aldehydes is 1. The van der Waals surface area contributed by atoms with Gasteiger partial charge in [0.2, 0.25) is 5.88 Å². The molecule has 1 unspecified atom stereocenters. The molecule has 1 aromatic rings. The highest BCUT2D eigenvalue weighted by Gasteiger charge is 2.35. The number of carbonyl (C=O) groups excluding carboxylic acids is 2. The zero-order valence-corrected chi connectivity index (χ0v) is 13.4. The topological polar surface area (TPSA) is 77.5 Å². The molecule has 1 rings (SSSR count). The van der Waals surface area contributed by atoms with Crippen molar-refractivity contribution in [1.29, 1.82) is 0 Å². The smallest absolute Gasteiger partial charge is 0.408 e. The van der Waals surface area contributed by atoms with Gasteiger partial charge in [-0.25, -0.2) is 9.78 Å². The van der Waals surface area contributed by atoms with E-state index in [0.29, 0.717) is 6.29 Å². The molecule has 1 amide bonds. The summed E-state index contributed by atoms with van der Waals surface area (Å²) in [5.41, 5.74) is -1.83. The highest BCUT2D eigenvalue weighted by molar-refractivity contribution is 6.31. The number of nitrogens with one attached hydrogen (secondary N) is 1. The highest BCUT2D eigenvalue weighted by Crippen LogP contribution is 2.33. The van der Waals surface area contributed by atoms with Crippen molar-refractivity contribution in [2.24, 2.45) is 0 Å². The fourth-order valence-corrected chi connectivity index (χ4v) is 2.05. The van der Waals surface area contributed by atoms with Crippen molar-refractivity contribution in [2.45, 2.75) is 38.8 Å². The minimum absolute atomic E-state index is 0.160. The van der Waals surface area contributed by atoms with Crippen LogP contribution in [0.1, 0.15) is 33.3 Å². The predicted octanol–water partition coefficient (Wildman–Crippen LogP) is 2.68. The van der Waals surface area contributed by atoms with Gasteiger partial charge in [0.25, 0.3) is 0 Å². The summed E-state index contributed by atoms with van der Waals surface area (Å²) in [6, 6.07) is 1.51. The zero-order chi connectivity index (χ0) is 16.3. The second-order valence-corrected chi connectivity index (χ2v) is 6.03. The second-order valence-electron chi connectivity index (χ2n) is 5.62. The van der Waals surface area contributed by atoms with E-state index in [1.807, 2.05) is 0 Å². The van der Waals surface area contributed by atoms with Gasteiger partial charge >= 0.3 is 6.09 Å². The third kappa shape index (κ3) is 4.32. The number of carbonyl (C=O) groups is 2. The normalized spacial score (nSPS) is 14.0. The van der Waals surface area contributed by atoms with E-state index >= 15 is 0 Å². The number of nitrogens with zero attached hydrogens (tertiary/aromatic N) is 1. The zero-order valence-electron chi connectivity index (χ0n) is 12.7. The summed E-state index contributed by atoms with van der Waals surface area (Å²) >= 11 is 6.12. The molecule has 0 saturated heterocycles. The lowest BCUT2D eigenvalue weighted by molar-refractivity contribution is -0.113. The monoisotopic (exact) mass is 314 g/mol. The van der Waals surface area contributed by atoms with Gasteiger partial charge in [-0.1, -0.05) is 11.6 Å². The van der Waals surface area contributed by atoms with E-state index in [0.717, 1.165) is 0 Å². The van der Waals surface area contributed by atoms with Gasteiger partial charge in [0.15, 0.2) is 0 Å². The van der Waals surface area contributed by atoms with Crippen molar-refractivity contribution in [3.05, 3.63) is 22.8 Å². The van der Waals surface area contributed by atoms with Crippen molar-refractivity contribution in [1.82, 2.24) is 10.3 Å². The van der Waals surface area contributed by atoms with Gasteiger partial charge in [0.05, 0.1) is 17.7 Å². The Kier molecular flexibility index (Phi) is 5.17. The number of aromatic nitrogens is 1. The first-order chi connectivity index (χ1) is 9.63. The Hall–Kier alpha value is -1.82. The van der Waals surface area contributed by atoms with Gasteiger partial charge in [-0.2, -0.15) is 0 Å². The molecule has 1 N–H and O–H groups in total. The second kappa shape index (κ2) is 6.30. The summed E-state index contributed by atoms with van der Waals surface area (Å²) in [5, 5.41) is 2.75. The standard InChI is InChI=1S/C14H19ClN2O4/c1-13(2,3)21-12(19)17-14(4,8-18)10-9(15)6-7-16-11(10)20-5/h6-8H,1-5H3,(H,17,19). The van der Waals surface area contributed by atoms with E-state index in [1.54, 1.807) is 20.8 Å². The molecule has 0 aliphatic rings. The lowest BCUT2D eigenvalue weighted by Gasteiger charge is -2.29. The fraction of sp³-hybridized carbons (Fsp3) is 0.500. The van der Waals surface area contributed by atoms with Crippen LogP contribution in [0.2, 0.25) is 5.02 Å². The average Bonchev–Trinajstić information content (AvgIpc) is 2.35. The van der Waals surface area contributed by atoms with E-state index < -0.39 is 17.2 Å². The number of pyridine rings is 1. The van der Waals surface area contributed by atoms with E-state index in [4.69, 9.17) is 21.1 Å². The van der Waals surface area contributed by atoms with Gasteiger partial charge in [-0.15, -0.1) is 0 Å². The van der Waals surface area contributed by atoms with Crippen molar-refractivity contribution in [3.8, 4) is 5.88 Å². The quantitative estimate of drug-likeness (QED) is 0.865. The van der Waals surface area contributed by atoms with Crippen LogP contribution < -0.4 is 10.1 Å². The number of halogens is 1. The van der Waals surface area contributed by atoms with E-state index in [1.165, 1.54) is 26.3 Å². The first-order valence-electron chi connectivity index (χ1n) is 6.29. The maximum absolute atomic E-state index is 11.9. The third-order valence-electron chi connectivity index (χ3n) is 2.57. The van der Waals surface area contributed by atoms with Crippen LogP contribution in [0.5, 0.6) is 5.88 Å². The molecule has 0 aromatic carbocycles. The fourth-order valence-electron chi connectivity index (χ4n) is 1.71. The summed E-state index contributed by atoms with van der Waals surface area (Å²) < 4.78 is 10.3. The molecule has 0 saturated carbocycles. The van der Waals surface area contributed by atoms with Crippen LogP contribution in [0.4, 0.5) is 4.79 Å². The molecule has 0 aliphatic carbocycles. The molecule has 0 spiro atoms. The number of amides is 1. The van der Waals surface area contributed by atoms with E-state index in [-0.39, 0.29) is 16.5 Å². The van der Waals surface area contributed by atoms with Crippen LogP contribution >= 0.6 is 11.6 Å². The predicted molar refractivity (Wildman–Crippen MR) is 78.6 cm³/mol. The molecule has 0 bridgehead atoms. The molecule has 0 aliphatic heterocycles. The van der Waals surface area contributed by atoms with Crippen LogP contribution in [0.15, 0.2) is 12.3 Å². The lowest BCUT2D eigenvalue weighted by Crippen LogP contribution is -2.47. The van der Waals surface area contributed by atoms with Crippen molar-refractivity contribution >= 4 is 24.0 Å². The summed E-state index contributed by atoms with van der Waals surface area (Å²) in [5.74, 6) is 0.160. The van der Waals surface area contributed by atoms with Gasteiger partial charge in [-0.3, -0.25) is 0 Å². The Morgan fingerprint density at radius 1 is 1.38 bits per heavy atom. The van der Waals surface area contributed by atoms with Crippen LogP contribution in [0.3, 0.4) is 0 Å². The van der Waals surface area contributed by atoms with Crippen LogP contribution in [0, 0.1) is 0 Å². The minimum Gasteiger partial charge on any atom is -0.481 e. The summed E-state index contributed by atoms with van der Waals surface area (Å²) in [6.45, 7) is 6.67. The molecule has 1 atom stereocenters. The van der Waals surface area contributed by atoms with E-state index in [9.17, 15) is 9.59 Å². The summed E-state index contributed by atoms with van der Waals surface area (Å²) in [7, 11) is 1.40. The molecule has 1 heterocycles. The highest BCUT2D eigenvalue weighted by atomic mass is 35.5. The van der Waals surface area contributed by atoms with Gasteiger partial charge in [0, 0.05) is 6.20 Å². The number of hydrogen-bond acceptors (Lipinski definition) is 5. The first kappa shape index (κ1) is 17.2. The first-order valence-corrected chi connectivity index (χ1v) is 6.67. The van der Waals surface area contributed by atoms with E-state index in [2.05, 4.69) is 10.3 Å². The molecular formula is C14H19ClN2O4. The number of ether oxygens (including phenoxy) is 2. The maximum atomic E-state index is 11.9. The maximum Gasteiger partial charge on any atom is 0.408 e. The lowest BCUT2D eigenvalue weighted by atomic mass is 9.94. The Morgan fingerprint density at radius 2 is 2.00 bits per heavy atom. The van der Waals surface area contributed by atoms with Crippen molar-refractivity contribution in [3.63, 3.8) is 0 Å². The van der Waals surface area contributed by atoms with Crippen LogP contribution in [-0.2, 0) is 15.1 Å². The minimum atomic E-state index is -1.42. The van der Waals surface area contributed by atoms with Gasteiger partial charge in [0.1, 0.15) is 17.4 Å². The Morgan fingerprint density at radius 3 is 2.48 bits per heavy atom. The van der Waals surface area contributed by atoms with Gasteiger partial charge < -0.3 is 19.6 Å². The van der Waals surface area contributed by atoms with Crippen molar-refractivity contribution in [2.75, 3.05) is 7.11 Å². The number of hydrogen-bond donors (Lipinski definition) is 1. The average molecular weight is 315 g/mol. The van der Waals surface area contributed by atoms with Crippen LogP contribution in [0.25, 0.3) is 0 Å². The number of methoxy groups -OCH3 is 1. The molecule has 21 heavy (non-hydrogen) atoms. The Bertz CT molecular complexity index is 542. The van der Waals surface area contributed by atoms with Crippen LogP contribution in [-0.4, -0.2) is 30.1 Å². The molecular weight excluding hydrogens is 296 g/mol. The molecule has 0 fully saturated rings. The Balaban J connectivity index is 3.16. The third-order valence-corrected chi connectivity index (χ3v) is 2.89. The number of rotatable bonds is 4. The largest absolute Gasteiger partial charge is 0.481 e. The summed E-state index contributed by atoms with van der Waals surface area (Å²) in [6.07, 6.45) is 1.27. The Labute approximate surface area is 128 Å². The molecule has 6 nitrogen and oxygen atoms in total. The van der Waals surface area contributed by atoms with Gasteiger partial charge in [-0.05, 0) is 33.8 Å². The van der Waals surface area contributed by atoms with Crippen molar-refractivity contribution < 1.29 is 19.1 Å². The molecule has 1 aromatic heterocycles. The molecule has 7 heteroatoms. The molecule has 0 radical (unpaired) electrons. The number of alkyl carbamates (subject to hydrolysis) is 1.